The predicted octanol–water partition coefficient (Wildman–Crippen LogP) is 1.49. The third kappa shape index (κ3) is 2.22. The molecule has 3 rings (SSSR count). The summed E-state index contributed by atoms with van der Waals surface area (Å²) < 4.78 is 19.5. The lowest BCUT2D eigenvalue weighted by Gasteiger charge is -2.32. The van der Waals surface area contributed by atoms with E-state index in [4.69, 9.17) is 14.0 Å². The molecule has 1 aromatic heterocycles. The Bertz CT molecular complexity index is 450. The Kier molecular flexibility index (Phi) is 3.00. The van der Waals surface area contributed by atoms with Crippen LogP contribution in [0.15, 0.2) is 12.4 Å². The minimum Gasteiger partial charge on any atom is -0.399 e. The highest BCUT2D eigenvalue weighted by molar-refractivity contribution is 6.61. The van der Waals surface area contributed by atoms with Crippen LogP contribution in [0.2, 0.25) is 0 Å². The van der Waals surface area contributed by atoms with Crippen LogP contribution in [-0.4, -0.2) is 34.7 Å². The van der Waals surface area contributed by atoms with Crippen LogP contribution < -0.4 is 5.46 Å². The maximum absolute atomic E-state index is 6.01. The van der Waals surface area contributed by atoms with Gasteiger partial charge < -0.3 is 14.0 Å². The quantitative estimate of drug-likeness (QED) is 0.759. The summed E-state index contributed by atoms with van der Waals surface area (Å²) in [7, 11) is -0.347. The molecule has 1 unspecified atom stereocenters. The standard InChI is InChI=1S/C13H21BN2O3/c1-12(2)13(3,4)19-14(18-12)10-8-15-16(9-10)11-6-5-7-17-11/h8-9,11H,5-7H2,1-4H3. The second-order valence-corrected chi connectivity index (χ2v) is 6.31. The highest BCUT2D eigenvalue weighted by Crippen LogP contribution is 2.36. The normalized spacial score (nSPS) is 29.1. The maximum Gasteiger partial charge on any atom is 0.498 e. The molecule has 19 heavy (non-hydrogen) atoms. The third-order valence-electron chi connectivity index (χ3n) is 4.35. The van der Waals surface area contributed by atoms with Gasteiger partial charge in [0.15, 0.2) is 0 Å². The molecule has 0 saturated carbocycles. The number of nitrogens with zero attached hydrogens (tertiary/aromatic N) is 2. The van der Waals surface area contributed by atoms with Crippen molar-refractivity contribution >= 4 is 12.6 Å². The summed E-state index contributed by atoms with van der Waals surface area (Å²) in [6.07, 6.45) is 5.96. The zero-order chi connectivity index (χ0) is 13.7. The summed E-state index contributed by atoms with van der Waals surface area (Å²) in [6, 6.07) is 0. The molecule has 0 amide bonds. The molecule has 5 nitrogen and oxygen atoms in total. The van der Waals surface area contributed by atoms with E-state index in [0.717, 1.165) is 24.9 Å². The molecule has 2 fully saturated rings. The molecule has 0 bridgehead atoms. The van der Waals surface area contributed by atoms with Gasteiger partial charge in [0, 0.05) is 24.5 Å². The fourth-order valence-corrected chi connectivity index (χ4v) is 2.38. The van der Waals surface area contributed by atoms with Crippen LogP contribution in [-0.2, 0) is 14.0 Å². The molecule has 2 aliphatic heterocycles. The molecule has 1 aromatic rings. The van der Waals surface area contributed by atoms with Crippen LogP contribution in [0.25, 0.3) is 0 Å². The Morgan fingerprint density at radius 3 is 2.53 bits per heavy atom. The van der Waals surface area contributed by atoms with Gasteiger partial charge in [-0.2, -0.15) is 5.10 Å². The van der Waals surface area contributed by atoms with Crippen molar-refractivity contribution in [3.63, 3.8) is 0 Å². The van der Waals surface area contributed by atoms with Crippen molar-refractivity contribution in [1.29, 1.82) is 0 Å². The van der Waals surface area contributed by atoms with Crippen LogP contribution in [0.5, 0.6) is 0 Å². The minimum absolute atomic E-state index is 0.0659. The van der Waals surface area contributed by atoms with Crippen molar-refractivity contribution in [2.45, 2.75) is 58.0 Å². The van der Waals surface area contributed by atoms with Crippen LogP contribution >= 0.6 is 0 Å². The monoisotopic (exact) mass is 264 g/mol. The van der Waals surface area contributed by atoms with Crippen LogP contribution in [0.4, 0.5) is 0 Å². The lowest BCUT2D eigenvalue weighted by molar-refractivity contribution is 0.00578. The molecule has 2 saturated heterocycles. The average molecular weight is 264 g/mol. The van der Waals surface area contributed by atoms with Crippen molar-refractivity contribution in [3.05, 3.63) is 12.4 Å². The van der Waals surface area contributed by atoms with Gasteiger partial charge >= 0.3 is 7.12 Å². The second-order valence-electron chi connectivity index (χ2n) is 6.31. The Balaban J connectivity index is 1.77. The molecule has 1 atom stereocenters. The van der Waals surface area contributed by atoms with Crippen LogP contribution in [0.3, 0.4) is 0 Å². The Morgan fingerprint density at radius 2 is 1.95 bits per heavy atom. The molecule has 6 heteroatoms. The van der Waals surface area contributed by atoms with Crippen molar-refractivity contribution < 1.29 is 14.0 Å². The van der Waals surface area contributed by atoms with Gasteiger partial charge in [0.1, 0.15) is 6.23 Å². The first-order valence-corrected chi connectivity index (χ1v) is 6.90. The van der Waals surface area contributed by atoms with Crippen LogP contribution in [0.1, 0.15) is 46.8 Å². The molecule has 0 aliphatic carbocycles. The summed E-state index contributed by atoms with van der Waals surface area (Å²) >= 11 is 0. The number of hydrogen-bond donors (Lipinski definition) is 0. The lowest BCUT2D eigenvalue weighted by Crippen LogP contribution is -2.41. The summed E-state index contributed by atoms with van der Waals surface area (Å²) in [5, 5.41) is 4.37. The lowest BCUT2D eigenvalue weighted by atomic mass is 9.82. The molecule has 0 radical (unpaired) electrons. The summed E-state index contributed by atoms with van der Waals surface area (Å²) in [4.78, 5) is 0. The molecule has 0 spiro atoms. The highest BCUT2D eigenvalue weighted by atomic mass is 16.7. The van der Waals surface area contributed by atoms with E-state index in [-0.39, 0.29) is 24.5 Å². The third-order valence-corrected chi connectivity index (χ3v) is 4.35. The van der Waals surface area contributed by atoms with Crippen molar-refractivity contribution in [2.75, 3.05) is 6.61 Å². The van der Waals surface area contributed by atoms with Gasteiger partial charge in [0.25, 0.3) is 0 Å². The van der Waals surface area contributed by atoms with E-state index in [1.54, 1.807) is 0 Å². The maximum atomic E-state index is 6.01. The number of aromatic nitrogens is 2. The van der Waals surface area contributed by atoms with E-state index < -0.39 is 0 Å². The molecule has 0 N–H and O–H groups in total. The van der Waals surface area contributed by atoms with Crippen molar-refractivity contribution in [2.24, 2.45) is 0 Å². The van der Waals surface area contributed by atoms with E-state index in [1.165, 1.54) is 0 Å². The first-order chi connectivity index (χ1) is 8.89. The topological polar surface area (TPSA) is 45.5 Å². The Labute approximate surface area is 114 Å². The Morgan fingerprint density at radius 1 is 1.26 bits per heavy atom. The van der Waals surface area contributed by atoms with Gasteiger partial charge in [-0.1, -0.05) is 0 Å². The summed E-state index contributed by atoms with van der Waals surface area (Å²) in [5.41, 5.74) is 0.321. The molecular formula is C13H21BN2O3. The molecule has 104 valence electrons. The fourth-order valence-electron chi connectivity index (χ4n) is 2.38. The fraction of sp³-hybridized carbons (Fsp3) is 0.769. The van der Waals surface area contributed by atoms with Crippen molar-refractivity contribution in [1.82, 2.24) is 9.78 Å². The van der Waals surface area contributed by atoms with E-state index in [0.29, 0.717) is 0 Å². The zero-order valence-electron chi connectivity index (χ0n) is 12.0. The highest BCUT2D eigenvalue weighted by Gasteiger charge is 2.52. The summed E-state index contributed by atoms with van der Waals surface area (Å²) in [5.74, 6) is 0. The summed E-state index contributed by atoms with van der Waals surface area (Å²) in [6.45, 7) is 9.03. The average Bonchev–Trinajstić information content (AvgIpc) is 3.00. The van der Waals surface area contributed by atoms with Crippen LogP contribution in [0, 0.1) is 0 Å². The Hall–Kier alpha value is -0.845. The van der Waals surface area contributed by atoms with Gasteiger partial charge in [0.05, 0.1) is 11.2 Å². The van der Waals surface area contributed by atoms with E-state index in [2.05, 4.69) is 32.8 Å². The first kappa shape index (κ1) is 13.2. The van der Waals surface area contributed by atoms with E-state index >= 15 is 0 Å². The van der Waals surface area contributed by atoms with E-state index in [1.807, 2.05) is 17.1 Å². The van der Waals surface area contributed by atoms with Gasteiger partial charge in [-0.05, 0) is 40.5 Å². The predicted molar refractivity (Wildman–Crippen MR) is 72.2 cm³/mol. The van der Waals surface area contributed by atoms with Gasteiger partial charge in [-0.25, -0.2) is 4.68 Å². The van der Waals surface area contributed by atoms with Gasteiger partial charge in [0.2, 0.25) is 0 Å². The zero-order valence-corrected chi connectivity index (χ0v) is 12.0. The number of hydrogen-bond acceptors (Lipinski definition) is 4. The minimum atomic E-state index is -0.347. The van der Waals surface area contributed by atoms with Gasteiger partial charge in [-0.15, -0.1) is 0 Å². The first-order valence-electron chi connectivity index (χ1n) is 6.90. The molecule has 0 aromatic carbocycles. The molecule has 2 aliphatic rings. The number of rotatable bonds is 2. The molecular weight excluding hydrogens is 243 g/mol. The largest absolute Gasteiger partial charge is 0.498 e. The number of ether oxygens (including phenoxy) is 1. The SMILES string of the molecule is CC1(C)OB(c2cnn(C3CCCO3)c2)OC1(C)C. The van der Waals surface area contributed by atoms with E-state index in [9.17, 15) is 0 Å². The smallest absolute Gasteiger partial charge is 0.399 e. The van der Waals surface area contributed by atoms with Gasteiger partial charge in [-0.3, -0.25) is 0 Å². The second kappa shape index (κ2) is 4.33. The van der Waals surface area contributed by atoms with Crippen molar-refractivity contribution in [3.8, 4) is 0 Å². The molecule has 3 heterocycles.